The number of hydrogen-bond donors (Lipinski definition) is 2. The van der Waals surface area contributed by atoms with Gasteiger partial charge in [-0.3, -0.25) is 4.79 Å². The maximum atomic E-state index is 13.4. The summed E-state index contributed by atoms with van der Waals surface area (Å²) in [5, 5.41) is 3.07. The zero-order chi connectivity index (χ0) is 17.5. The summed E-state index contributed by atoms with van der Waals surface area (Å²) in [7, 11) is 0. The molecule has 2 atom stereocenters. The highest BCUT2D eigenvalue weighted by Gasteiger charge is 2.23. The lowest BCUT2D eigenvalue weighted by atomic mass is 10.00. The fourth-order valence-corrected chi connectivity index (χ4v) is 3.09. The van der Waals surface area contributed by atoms with Crippen molar-refractivity contribution >= 4 is 22.1 Å². The molecular weight excluding hydrogens is 371 g/mol. The normalized spacial score (nSPS) is 13.3. The van der Waals surface area contributed by atoms with Gasteiger partial charge in [-0.1, -0.05) is 55.3 Å². The summed E-state index contributed by atoms with van der Waals surface area (Å²) >= 11 is 3.14. The molecule has 0 aliphatic rings. The minimum Gasteiger partial charge on any atom is -0.348 e. The Morgan fingerprint density at radius 3 is 2.46 bits per heavy atom. The topological polar surface area (TPSA) is 41.1 Å². The van der Waals surface area contributed by atoms with E-state index < -0.39 is 6.04 Å². The van der Waals surface area contributed by atoms with Crippen molar-refractivity contribution in [1.29, 1.82) is 0 Å². The van der Waals surface area contributed by atoms with Gasteiger partial charge in [0, 0.05) is 16.1 Å². The average Bonchev–Trinajstić information content (AvgIpc) is 2.56. The number of carbonyl (C=O) groups excluding carboxylic acids is 1. The molecule has 128 valence electrons. The van der Waals surface area contributed by atoms with E-state index in [9.17, 15) is 9.18 Å². The van der Waals surface area contributed by atoms with Gasteiger partial charge in [0.1, 0.15) is 11.9 Å². The van der Waals surface area contributed by atoms with Crippen molar-refractivity contribution in [2.24, 2.45) is 0 Å². The molecule has 2 rings (SSSR count). The summed E-state index contributed by atoms with van der Waals surface area (Å²) in [6, 6.07) is 13.5. The summed E-state index contributed by atoms with van der Waals surface area (Å²) < 4.78 is 16.2. The first-order valence-electron chi connectivity index (χ1n) is 8.03. The number of rotatable bonds is 7. The monoisotopic (exact) mass is 392 g/mol. The zero-order valence-electron chi connectivity index (χ0n) is 13.9. The van der Waals surface area contributed by atoms with Gasteiger partial charge in [-0.25, -0.2) is 8.73 Å². The standard InChI is InChI=1S/C19H22BrFN2O/c1-3-5-17(14-10-8-13(2)9-11-14)22-19(24)18(23-20)15-6-4-7-16(21)12-15/h4,6-12,17-18,23H,3,5H2,1-2H3,(H,22,24). The Balaban J connectivity index is 2.18. The van der Waals surface area contributed by atoms with E-state index in [2.05, 4.69) is 32.7 Å². The zero-order valence-corrected chi connectivity index (χ0v) is 15.4. The lowest BCUT2D eigenvalue weighted by molar-refractivity contribution is -0.123. The van der Waals surface area contributed by atoms with Crippen molar-refractivity contribution in [2.75, 3.05) is 0 Å². The molecule has 0 aromatic heterocycles. The molecule has 0 saturated carbocycles. The Hall–Kier alpha value is -1.72. The van der Waals surface area contributed by atoms with Crippen LogP contribution in [0.3, 0.4) is 0 Å². The SMILES string of the molecule is CCCC(NC(=O)C(NBr)c1cccc(F)c1)c1ccc(C)cc1. The van der Waals surface area contributed by atoms with Gasteiger partial charge in [0.15, 0.2) is 0 Å². The number of aryl methyl sites for hydroxylation is 1. The van der Waals surface area contributed by atoms with Gasteiger partial charge in [-0.2, -0.15) is 0 Å². The van der Waals surface area contributed by atoms with Crippen LogP contribution in [0, 0.1) is 12.7 Å². The van der Waals surface area contributed by atoms with E-state index in [1.165, 1.54) is 17.7 Å². The average molecular weight is 393 g/mol. The minimum atomic E-state index is -0.662. The highest BCUT2D eigenvalue weighted by molar-refractivity contribution is 9.08. The lowest BCUT2D eigenvalue weighted by Gasteiger charge is -2.22. The van der Waals surface area contributed by atoms with E-state index in [0.717, 1.165) is 18.4 Å². The van der Waals surface area contributed by atoms with Gasteiger partial charge >= 0.3 is 0 Å². The molecular formula is C19H22BrFN2O. The molecule has 0 aliphatic carbocycles. The molecule has 5 heteroatoms. The van der Waals surface area contributed by atoms with Gasteiger partial charge < -0.3 is 5.32 Å². The largest absolute Gasteiger partial charge is 0.348 e. The first kappa shape index (κ1) is 18.6. The summed E-state index contributed by atoms with van der Waals surface area (Å²) in [4.78, 5) is 12.7. The van der Waals surface area contributed by atoms with Crippen LogP contribution < -0.4 is 9.66 Å². The number of carbonyl (C=O) groups is 1. The van der Waals surface area contributed by atoms with E-state index in [4.69, 9.17) is 0 Å². The second-order valence-electron chi connectivity index (χ2n) is 5.86. The van der Waals surface area contributed by atoms with Crippen LogP contribution in [-0.2, 0) is 4.79 Å². The predicted molar refractivity (Wildman–Crippen MR) is 98.2 cm³/mol. The molecule has 0 saturated heterocycles. The second kappa shape index (κ2) is 8.94. The predicted octanol–water partition coefficient (Wildman–Crippen LogP) is 4.73. The summed E-state index contributed by atoms with van der Waals surface area (Å²) in [6.07, 6.45) is 1.79. The Labute approximate surface area is 151 Å². The highest BCUT2D eigenvalue weighted by Crippen LogP contribution is 2.22. The van der Waals surface area contributed by atoms with E-state index >= 15 is 0 Å². The first-order valence-corrected chi connectivity index (χ1v) is 8.83. The molecule has 3 nitrogen and oxygen atoms in total. The molecule has 0 fully saturated rings. The third-order valence-corrected chi connectivity index (χ3v) is 4.38. The highest BCUT2D eigenvalue weighted by atomic mass is 79.9. The summed E-state index contributed by atoms with van der Waals surface area (Å²) in [5.74, 6) is -0.562. The minimum absolute atomic E-state index is 0.0694. The van der Waals surface area contributed by atoms with Crippen LogP contribution in [0.15, 0.2) is 48.5 Å². The van der Waals surface area contributed by atoms with Gasteiger partial charge in [-0.15, -0.1) is 0 Å². The number of hydrogen-bond acceptors (Lipinski definition) is 2. The van der Waals surface area contributed by atoms with Crippen LogP contribution in [0.4, 0.5) is 4.39 Å². The van der Waals surface area contributed by atoms with E-state index in [-0.39, 0.29) is 17.8 Å². The number of amides is 1. The third kappa shape index (κ3) is 4.89. The molecule has 0 spiro atoms. The van der Waals surface area contributed by atoms with Gasteiger partial charge in [-0.05, 0) is 36.6 Å². The van der Waals surface area contributed by atoms with Crippen LogP contribution >= 0.6 is 16.1 Å². The van der Waals surface area contributed by atoms with Crippen molar-refractivity contribution in [2.45, 2.75) is 38.8 Å². The summed E-state index contributed by atoms with van der Waals surface area (Å²) in [6.45, 7) is 4.12. The van der Waals surface area contributed by atoms with Gasteiger partial charge in [0.05, 0.1) is 6.04 Å². The molecule has 2 unspecified atom stereocenters. The van der Waals surface area contributed by atoms with Crippen molar-refractivity contribution in [3.05, 3.63) is 71.0 Å². The van der Waals surface area contributed by atoms with Gasteiger partial charge in [0.25, 0.3) is 0 Å². The third-order valence-electron chi connectivity index (χ3n) is 3.93. The van der Waals surface area contributed by atoms with Gasteiger partial charge in [0.2, 0.25) is 5.91 Å². The lowest BCUT2D eigenvalue weighted by Crippen LogP contribution is -2.36. The second-order valence-corrected chi connectivity index (χ2v) is 6.32. The quantitative estimate of drug-likeness (QED) is 0.668. The molecule has 0 heterocycles. The Bertz CT molecular complexity index is 675. The molecule has 1 amide bonds. The molecule has 0 aliphatic heterocycles. The number of halogens is 2. The van der Waals surface area contributed by atoms with E-state index in [1.807, 2.05) is 31.2 Å². The fraction of sp³-hybridized carbons (Fsp3) is 0.316. The molecule has 0 radical (unpaired) electrons. The Morgan fingerprint density at radius 1 is 1.17 bits per heavy atom. The fourth-order valence-electron chi connectivity index (χ4n) is 2.61. The Kier molecular flexibility index (Phi) is 6.94. The van der Waals surface area contributed by atoms with E-state index in [1.54, 1.807) is 12.1 Å². The van der Waals surface area contributed by atoms with Crippen LogP contribution in [-0.4, -0.2) is 5.91 Å². The molecule has 2 N–H and O–H groups in total. The molecule has 24 heavy (non-hydrogen) atoms. The van der Waals surface area contributed by atoms with Crippen molar-refractivity contribution in [1.82, 2.24) is 9.66 Å². The number of nitrogens with one attached hydrogen (secondary N) is 2. The number of benzene rings is 2. The van der Waals surface area contributed by atoms with Crippen molar-refractivity contribution < 1.29 is 9.18 Å². The van der Waals surface area contributed by atoms with Crippen LogP contribution in [0.5, 0.6) is 0 Å². The van der Waals surface area contributed by atoms with Crippen molar-refractivity contribution in [3.63, 3.8) is 0 Å². The van der Waals surface area contributed by atoms with Crippen molar-refractivity contribution in [3.8, 4) is 0 Å². The molecule has 2 aromatic carbocycles. The molecule has 2 aromatic rings. The van der Waals surface area contributed by atoms with Crippen LogP contribution in [0.1, 0.15) is 48.5 Å². The smallest absolute Gasteiger partial charge is 0.243 e. The summed E-state index contributed by atoms with van der Waals surface area (Å²) in [5.41, 5.74) is 2.83. The molecule has 0 bridgehead atoms. The first-order chi connectivity index (χ1) is 11.5. The van der Waals surface area contributed by atoms with Crippen LogP contribution in [0.2, 0.25) is 0 Å². The van der Waals surface area contributed by atoms with Crippen LogP contribution in [0.25, 0.3) is 0 Å². The Morgan fingerprint density at radius 2 is 1.88 bits per heavy atom. The maximum absolute atomic E-state index is 13.4. The van der Waals surface area contributed by atoms with E-state index in [0.29, 0.717) is 5.56 Å². The maximum Gasteiger partial charge on any atom is 0.243 e.